The van der Waals surface area contributed by atoms with Crippen molar-refractivity contribution in [2.24, 2.45) is 0 Å². The zero-order chi connectivity index (χ0) is 45.3. The number of ether oxygens (including phenoxy) is 1. The molecule has 4 rings (SSSR count). The lowest BCUT2D eigenvalue weighted by Gasteiger charge is -2.36. The van der Waals surface area contributed by atoms with E-state index in [0.717, 1.165) is 55.3 Å². The number of rotatable bonds is 14. The highest BCUT2D eigenvalue weighted by atomic mass is 79.9. The molecule has 2 fully saturated rings. The molecule has 11 nitrogen and oxygen atoms in total. The number of aliphatic hydroxyl groups excluding tert-OH is 1. The molecule has 2 atom stereocenters. The van der Waals surface area contributed by atoms with Crippen molar-refractivity contribution in [3.63, 3.8) is 0 Å². The molecule has 0 saturated carbocycles. The maximum absolute atomic E-state index is 12.5. The number of carbonyl (C=O) groups excluding carboxylic acids is 2. The molecule has 336 valence electrons. The fraction of sp³-hybridized carbons (Fsp3) is 0.674. The molecule has 0 aromatic heterocycles. The van der Waals surface area contributed by atoms with Crippen LogP contribution in [-0.4, -0.2) is 100.0 Å². The van der Waals surface area contributed by atoms with E-state index in [0.29, 0.717) is 45.7 Å². The fourth-order valence-electron chi connectivity index (χ4n) is 6.15. The molecule has 59 heavy (non-hydrogen) atoms. The molecule has 2 heterocycles. The van der Waals surface area contributed by atoms with E-state index in [1.54, 1.807) is 4.90 Å². The van der Waals surface area contributed by atoms with Crippen LogP contribution in [-0.2, 0) is 37.5 Å². The van der Waals surface area contributed by atoms with Crippen molar-refractivity contribution in [3.05, 3.63) is 55.5 Å². The van der Waals surface area contributed by atoms with Crippen LogP contribution < -0.4 is 9.80 Å². The minimum Gasteiger partial charge on any atom is -0.414 e. The normalized spacial score (nSPS) is 17.9. The molecule has 0 spiro atoms. The summed E-state index contributed by atoms with van der Waals surface area (Å²) in [6, 6.07) is 7.86. The Morgan fingerprint density at radius 3 is 1.37 bits per heavy atom. The van der Waals surface area contributed by atoms with Gasteiger partial charge in [0.2, 0.25) is 11.8 Å². The van der Waals surface area contributed by atoms with Crippen LogP contribution in [0.5, 0.6) is 0 Å². The van der Waals surface area contributed by atoms with Crippen molar-refractivity contribution in [3.8, 4) is 0 Å². The average molecular weight is 1010 g/mol. The van der Waals surface area contributed by atoms with Crippen LogP contribution in [0.3, 0.4) is 0 Å². The van der Waals surface area contributed by atoms with E-state index in [-0.39, 0.29) is 47.2 Å². The monoisotopic (exact) mass is 1010 g/mol. The molecule has 2 aliphatic rings. The molecule has 0 aliphatic carbocycles. The molecule has 0 unspecified atom stereocenters. The number of hydrogen-bond acceptors (Lipinski definition) is 9. The highest BCUT2D eigenvalue weighted by molar-refractivity contribution is 9.10. The minimum absolute atomic E-state index is 0.00126. The Labute approximate surface area is 374 Å². The van der Waals surface area contributed by atoms with Gasteiger partial charge in [0.25, 0.3) is 10.1 Å². The maximum atomic E-state index is 12.5. The predicted molar refractivity (Wildman–Crippen MR) is 253 cm³/mol. The van der Waals surface area contributed by atoms with Gasteiger partial charge in [-0.1, -0.05) is 73.4 Å². The molecule has 16 heteroatoms. The third-order valence-electron chi connectivity index (χ3n) is 11.7. The van der Waals surface area contributed by atoms with Crippen molar-refractivity contribution in [1.29, 1.82) is 0 Å². The molecule has 1 N–H and O–H groups in total. The number of aryl methyl sites for hydroxylation is 4. The number of aliphatic hydroxyl groups is 1. The van der Waals surface area contributed by atoms with Crippen molar-refractivity contribution >= 4 is 81.8 Å². The summed E-state index contributed by atoms with van der Waals surface area (Å²) in [6.07, 6.45) is 3.45. The van der Waals surface area contributed by atoms with Crippen LogP contribution in [0, 0.1) is 27.7 Å². The van der Waals surface area contributed by atoms with Gasteiger partial charge in [0, 0.05) is 33.2 Å². The van der Waals surface area contributed by atoms with Gasteiger partial charge in [-0.15, -0.1) is 0 Å². The number of carbonyl (C=O) groups is 2. The first-order valence-electron chi connectivity index (χ1n) is 20.4. The van der Waals surface area contributed by atoms with Gasteiger partial charge in [-0.25, -0.2) is 0 Å². The second-order valence-electron chi connectivity index (χ2n) is 18.7. The Morgan fingerprint density at radius 1 is 0.678 bits per heavy atom. The van der Waals surface area contributed by atoms with E-state index in [9.17, 15) is 18.0 Å². The summed E-state index contributed by atoms with van der Waals surface area (Å²) < 4.78 is 47.0. The van der Waals surface area contributed by atoms with Gasteiger partial charge in [0.05, 0.1) is 58.0 Å². The molecule has 2 saturated heterocycles. The Morgan fingerprint density at radius 2 is 1.03 bits per heavy atom. The van der Waals surface area contributed by atoms with Crippen LogP contribution in [0.25, 0.3) is 0 Å². The predicted octanol–water partition coefficient (Wildman–Crippen LogP) is 10.1. The Bertz CT molecular complexity index is 1800. The lowest BCUT2D eigenvalue weighted by atomic mass is 10.1. The summed E-state index contributed by atoms with van der Waals surface area (Å²) in [5.41, 5.74) is 6.12. The number of benzene rings is 2. The van der Waals surface area contributed by atoms with Gasteiger partial charge in [0.15, 0.2) is 16.6 Å². The number of amides is 2. The van der Waals surface area contributed by atoms with Crippen LogP contribution in [0.2, 0.25) is 36.3 Å². The van der Waals surface area contributed by atoms with Crippen LogP contribution in [0.1, 0.15) is 89.5 Å². The van der Waals surface area contributed by atoms with E-state index < -0.39 is 26.8 Å². The quantitative estimate of drug-likeness (QED) is 0.112. The highest BCUT2D eigenvalue weighted by Gasteiger charge is 2.38. The molecule has 0 bridgehead atoms. The Hall–Kier alpha value is -1.48. The van der Waals surface area contributed by atoms with Gasteiger partial charge < -0.3 is 28.5 Å². The number of halogens is 2. The summed E-state index contributed by atoms with van der Waals surface area (Å²) in [6.45, 7) is 32.6. The second-order valence-corrected chi connectivity index (χ2v) is 31.6. The Balaban J connectivity index is 0.000000332. The standard InChI is InChI=1S/C21H34BrNO3Si.C14H18BrNO4S.C8H20O2Si/c1-15-12-18(13-16(2)20(15)22)23-17(8-9-19(23)24)14-25-10-11-26-27(6,7)21(3,4)5;1-9-6-12(7-10(2)14(9)15)16-11(4-5-13(16)17)8-20-21(3,18)19;1-8(2,3)11(4,5)10-7-6-9/h12-13,17H,8-11,14H2,1-7H3;6-7,11H,4-5,8H2,1-3H3;9H,6-7H2,1-5H3/t17-;11-;/m11./s1. The topological polar surface area (TPSA) is 132 Å². The molecule has 2 aliphatic heterocycles. The highest BCUT2D eigenvalue weighted by Crippen LogP contribution is 2.38. The van der Waals surface area contributed by atoms with Crippen molar-refractivity contribution in [1.82, 2.24) is 0 Å². The first kappa shape index (κ1) is 53.7. The van der Waals surface area contributed by atoms with E-state index >= 15 is 0 Å². The summed E-state index contributed by atoms with van der Waals surface area (Å²) in [5.74, 6) is 0.181. The third kappa shape index (κ3) is 16.0. The van der Waals surface area contributed by atoms with Gasteiger partial charge >= 0.3 is 0 Å². The minimum atomic E-state index is -3.50. The smallest absolute Gasteiger partial charge is 0.264 e. The second kappa shape index (κ2) is 22.2. The average Bonchev–Trinajstić information content (AvgIpc) is 3.67. The van der Waals surface area contributed by atoms with Gasteiger partial charge in [-0.3, -0.25) is 13.8 Å². The SMILES string of the molecule is CC(C)(C)[Si](C)(C)OCCO.Cc1cc(N2C(=O)CC[C@@H]2COCCO[Si](C)(C)C(C)(C)C)cc(C)c1Br.Cc1cc(N2C(=O)CC[C@@H]2COS(C)(=O)=O)cc(C)c1Br. The molecule has 2 aromatic rings. The van der Waals surface area contributed by atoms with Gasteiger partial charge in [0.1, 0.15) is 0 Å². The first-order valence-corrected chi connectivity index (χ1v) is 29.6. The van der Waals surface area contributed by atoms with Crippen LogP contribution >= 0.6 is 31.9 Å². The summed E-state index contributed by atoms with van der Waals surface area (Å²) in [7, 11) is -6.82. The molecule has 0 radical (unpaired) electrons. The summed E-state index contributed by atoms with van der Waals surface area (Å²) in [5, 5.41) is 9.05. The molecule has 2 amide bonds. The zero-order valence-corrected chi connectivity index (χ0v) is 44.3. The first-order chi connectivity index (χ1) is 26.9. The van der Waals surface area contributed by atoms with Crippen molar-refractivity contribution in [2.45, 2.75) is 143 Å². The van der Waals surface area contributed by atoms with Crippen LogP contribution in [0.4, 0.5) is 11.4 Å². The fourth-order valence-corrected chi connectivity index (χ4v) is 9.07. The van der Waals surface area contributed by atoms with Crippen LogP contribution in [0.15, 0.2) is 33.2 Å². The summed E-state index contributed by atoms with van der Waals surface area (Å²) >= 11 is 7.10. The maximum Gasteiger partial charge on any atom is 0.264 e. The van der Waals surface area contributed by atoms with Crippen molar-refractivity contribution < 1.29 is 40.9 Å². The number of hydrogen-bond donors (Lipinski definition) is 1. The van der Waals surface area contributed by atoms with Gasteiger partial charge in [-0.05, 0) is 123 Å². The molecular weight excluding hydrogens is 937 g/mol. The summed E-state index contributed by atoms with van der Waals surface area (Å²) in [4.78, 5) is 28.2. The largest absolute Gasteiger partial charge is 0.414 e. The number of nitrogens with zero attached hydrogens (tertiary/aromatic N) is 2. The number of anilines is 2. The van der Waals surface area contributed by atoms with Crippen molar-refractivity contribution in [2.75, 3.05) is 55.7 Å². The van der Waals surface area contributed by atoms with E-state index in [1.165, 1.54) is 0 Å². The van der Waals surface area contributed by atoms with E-state index in [4.69, 9.17) is 22.9 Å². The van der Waals surface area contributed by atoms with E-state index in [1.807, 2.05) is 30.9 Å². The lowest BCUT2D eigenvalue weighted by Crippen LogP contribution is -2.42. The van der Waals surface area contributed by atoms with E-state index in [2.05, 4.69) is 126 Å². The van der Waals surface area contributed by atoms with Gasteiger partial charge in [-0.2, -0.15) is 8.42 Å². The lowest BCUT2D eigenvalue weighted by molar-refractivity contribution is -0.118. The third-order valence-corrected chi connectivity index (χ3v) is 23.8. The molecule has 2 aromatic carbocycles. The Kier molecular flexibility index (Phi) is 20.2. The molecular formula is C43H72Br2N2O9SSi2. The zero-order valence-electron chi connectivity index (χ0n) is 38.3.